The van der Waals surface area contributed by atoms with Crippen molar-refractivity contribution in [1.29, 1.82) is 0 Å². The van der Waals surface area contributed by atoms with Crippen molar-refractivity contribution in [1.82, 2.24) is 5.32 Å². The second-order valence-corrected chi connectivity index (χ2v) is 3.63. The van der Waals surface area contributed by atoms with Crippen molar-refractivity contribution in [3.8, 4) is 0 Å². The van der Waals surface area contributed by atoms with Gasteiger partial charge < -0.3 is 21.4 Å². The van der Waals surface area contributed by atoms with Gasteiger partial charge in [0.25, 0.3) is 0 Å². The number of nitrogens with two attached hydrogens (primary N) is 2. The molecule has 1 unspecified atom stereocenters. The second kappa shape index (κ2) is 11.5. The van der Waals surface area contributed by atoms with Crippen LogP contribution in [0.25, 0.3) is 0 Å². The van der Waals surface area contributed by atoms with Crippen LogP contribution in [-0.2, 0) is 9.59 Å². The average Bonchev–Trinajstić information content (AvgIpc) is 2.24. The standard InChI is InChI=1S/C10H20N4O3.Na/c1-2-4-8(15)14-10(12)13-6-3-5-7(11)9(16)17;/h7H,2-6,11H2,1H3,(H,16,17)(H3,12,13,14,15);/q;+1/p-1. The quantitative estimate of drug-likeness (QED) is 0.184. The molecule has 0 aromatic heterocycles. The van der Waals surface area contributed by atoms with Crippen molar-refractivity contribution >= 4 is 17.8 Å². The fourth-order valence-corrected chi connectivity index (χ4v) is 1.10. The summed E-state index contributed by atoms with van der Waals surface area (Å²) >= 11 is 0. The van der Waals surface area contributed by atoms with E-state index < -0.39 is 12.0 Å². The van der Waals surface area contributed by atoms with Gasteiger partial charge in [-0.15, -0.1) is 0 Å². The summed E-state index contributed by atoms with van der Waals surface area (Å²) in [5, 5.41) is 12.7. The molecule has 5 N–H and O–H groups in total. The zero-order chi connectivity index (χ0) is 13.3. The maximum Gasteiger partial charge on any atom is 1.00 e. The molecule has 0 aromatic rings. The maximum atomic E-state index is 11.1. The third kappa shape index (κ3) is 10.5. The predicted molar refractivity (Wildman–Crippen MR) is 61.8 cm³/mol. The molecule has 1 atom stereocenters. The van der Waals surface area contributed by atoms with Crippen molar-refractivity contribution < 1.29 is 44.3 Å². The van der Waals surface area contributed by atoms with Gasteiger partial charge in [0.2, 0.25) is 5.91 Å². The zero-order valence-electron chi connectivity index (χ0n) is 10.9. The van der Waals surface area contributed by atoms with E-state index in [1.807, 2.05) is 6.92 Å². The van der Waals surface area contributed by atoms with Crippen molar-refractivity contribution in [2.45, 2.75) is 38.6 Å². The van der Waals surface area contributed by atoms with Gasteiger partial charge >= 0.3 is 29.6 Å². The smallest absolute Gasteiger partial charge is 0.548 e. The summed E-state index contributed by atoms with van der Waals surface area (Å²) < 4.78 is 0. The Morgan fingerprint density at radius 2 is 2.06 bits per heavy atom. The summed E-state index contributed by atoms with van der Waals surface area (Å²) in [5.74, 6) is -1.41. The van der Waals surface area contributed by atoms with E-state index in [4.69, 9.17) is 11.5 Å². The first kappa shape index (κ1) is 19.7. The van der Waals surface area contributed by atoms with Crippen LogP contribution in [0.5, 0.6) is 0 Å². The fourth-order valence-electron chi connectivity index (χ4n) is 1.10. The molecule has 0 aromatic carbocycles. The number of carboxylic acid groups (broad SMARTS) is 1. The molecule has 0 aliphatic carbocycles. The molecule has 18 heavy (non-hydrogen) atoms. The fraction of sp³-hybridized carbons (Fsp3) is 0.700. The number of aliphatic carboxylic acids is 1. The minimum Gasteiger partial charge on any atom is -0.548 e. The zero-order valence-corrected chi connectivity index (χ0v) is 12.9. The van der Waals surface area contributed by atoms with Crippen molar-refractivity contribution in [2.24, 2.45) is 16.5 Å². The van der Waals surface area contributed by atoms with Crippen LogP contribution >= 0.6 is 0 Å². The Labute approximate surface area is 129 Å². The van der Waals surface area contributed by atoms with Gasteiger partial charge in [0.05, 0.1) is 5.97 Å². The number of aliphatic imine (C=N–C) groups is 1. The number of rotatable bonds is 7. The minimum absolute atomic E-state index is 0. The molecule has 0 bridgehead atoms. The number of carboxylic acids is 1. The number of nitrogens with one attached hydrogen (secondary N) is 1. The molecule has 0 heterocycles. The van der Waals surface area contributed by atoms with Gasteiger partial charge in [-0.05, 0) is 19.3 Å². The molecule has 1 amide bonds. The molecule has 0 saturated carbocycles. The van der Waals surface area contributed by atoms with Crippen LogP contribution in [0.1, 0.15) is 32.6 Å². The predicted octanol–water partition coefficient (Wildman–Crippen LogP) is -4.92. The van der Waals surface area contributed by atoms with Crippen LogP contribution in [0.15, 0.2) is 4.99 Å². The van der Waals surface area contributed by atoms with Gasteiger partial charge in [-0.2, -0.15) is 0 Å². The Bertz CT molecular complexity index is 297. The summed E-state index contributed by atoms with van der Waals surface area (Å²) in [5.41, 5.74) is 10.7. The van der Waals surface area contributed by atoms with Gasteiger partial charge in [-0.3, -0.25) is 15.1 Å². The first-order chi connectivity index (χ1) is 7.97. The summed E-state index contributed by atoms with van der Waals surface area (Å²) in [6, 6.07) is -0.985. The Kier molecular flexibility index (Phi) is 12.5. The first-order valence-electron chi connectivity index (χ1n) is 5.53. The first-order valence-corrected chi connectivity index (χ1v) is 5.53. The molecular weight excluding hydrogens is 247 g/mol. The van der Waals surface area contributed by atoms with E-state index >= 15 is 0 Å². The molecule has 0 aliphatic rings. The summed E-state index contributed by atoms with van der Waals surface area (Å²) in [6.45, 7) is 2.20. The largest absolute Gasteiger partial charge is 1.00 e. The van der Waals surface area contributed by atoms with Crippen LogP contribution in [0.3, 0.4) is 0 Å². The molecule has 98 valence electrons. The number of carbonyl (C=O) groups excluding carboxylic acids is 2. The van der Waals surface area contributed by atoms with Crippen molar-refractivity contribution in [3.05, 3.63) is 0 Å². The second-order valence-electron chi connectivity index (χ2n) is 3.63. The van der Waals surface area contributed by atoms with E-state index in [2.05, 4.69) is 10.3 Å². The van der Waals surface area contributed by atoms with Crippen LogP contribution < -0.4 is 51.4 Å². The van der Waals surface area contributed by atoms with E-state index in [9.17, 15) is 14.7 Å². The van der Waals surface area contributed by atoms with Crippen LogP contribution in [-0.4, -0.2) is 30.4 Å². The molecule has 0 radical (unpaired) electrons. The van der Waals surface area contributed by atoms with Gasteiger partial charge in [0, 0.05) is 19.0 Å². The summed E-state index contributed by atoms with van der Waals surface area (Å²) in [6.07, 6.45) is 1.87. The molecule has 0 fully saturated rings. The number of hydrogen-bond acceptors (Lipinski definition) is 5. The summed E-state index contributed by atoms with van der Waals surface area (Å²) in [4.78, 5) is 25.3. The normalized spacial score (nSPS) is 12.4. The Balaban J connectivity index is 0. The molecule has 0 saturated heterocycles. The van der Waals surface area contributed by atoms with Gasteiger partial charge in [0.1, 0.15) is 0 Å². The molecule has 0 aliphatic heterocycles. The third-order valence-corrected chi connectivity index (χ3v) is 2.00. The third-order valence-electron chi connectivity index (χ3n) is 2.00. The maximum absolute atomic E-state index is 11.1. The van der Waals surface area contributed by atoms with E-state index in [0.717, 1.165) is 6.42 Å². The number of hydrogen-bond donors (Lipinski definition) is 3. The average molecular weight is 266 g/mol. The number of guanidine groups is 1. The van der Waals surface area contributed by atoms with E-state index in [1.54, 1.807) is 0 Å². The van der Waals surface area contributed by atoms with Crippen LogP contribution in [0.2, 0.25) is 0 Å². The van der Waals surface area contributed by atoms with E-state index in [1.165, 1.54) is 0 Å². The van der Waals surface area contributed by atoms with Gasteiger partial charge in [0.15, 0.2) is 5.96 Å². The monoisotopic (exact) mass is 266 g/mol. The number of amides is 1. The van der Waals surface area contributed by atoms with Crippen molar-refractivity contribution in [2.75, 3.05) is 6.54 Å². The van der Waals surface area contributed by atoms with E-state index in [-0.39, 0.29) is 47.8 Å². The van der Waals surface area contributed by atoms with Crippen molar-refractivity contribution in [3.63, 3.8) is 0 Å². The molecular formula is C10H19N4NaO3. The summed E-state index contributed by atoms with van der Waals surface area (Å²) in [7, 11) is 0. The van der Waals surface area contributed by atoms with Gasteiger partial charge in [-0.1, -0.05) is 6.92 Å². The van der Waals surface area contributed by atoms with Crippen LogP contribution in [0, 0.1) is 0 Å². The number of nitrogens with zero attached hydrogens (tertiary/aromatic N) is 1. The Morgan fingerprint density at radius 1 is 1.44 bits per heavy atom. The number of carbonyl (C=O) groups is 2. The molecule has 7 nitrogen and oxygen atoms in total. The minimum atomic E-state index is -1.28. The van der Waals surface area contributed by atoms with E-state index in [0.29, 0.717) is 19.4 Å². The Morgan fingerprint density at radius 3 is 2.56 bits per heavy atom. The van der Waals surface area contributed by atoms with Gasteiger partial charge in [-0.25, -0.2) is 0 Å². The topological polar surface area (TPSA) is 134 Å². The molecule has 8 heteroatoms. The molecule has 0 rings (SSSR count). The van der Waals surface area contributed by atoms with Crippen LogP contribution in [0.4, 0.5) is 0 Å². The Hall–Kier alpha value is -0.630. The SMILES string of the molecule is CCCC(=O)NC(N)=NCCCC(N)C(=O)[O-].[Na+]. The molecule has 0 spiro atoms.